The standard InChI is InChI=1S/C37H41N5O6.3H2/c1-41(28-16-20-30(47-3)21-17-28)34(43)32(24-15-26-11-7-5-8-12-26)38-36(45)40-37(46)39-33(25-27-13-9-6-10-14-27)35(44)42(2)29-18-22-31(48-4)23-19-29;;;/h5-14,16-23,32-33H,15,24-25H2,1-4H3,(H3,38,39,40,45,46);3*1H/t32-,33-;;;/m0.../s1. The van der Waals surface area contributed by atoms with E-state index in [1.54, 1.807) is 76.8 Å². The quantitative estimate of drug-likeness (QED) is 0.170. The van der Waals surface area contributed by atoms with Crippen LogP contribution in [0.1, 0.15) is 21.8 Å². The second kappa shape index (κ2) is 17.2. The van der Waals surface area contributed by atoms with Crippen LogP contribution in [0.25, 0.3) is 0 Å². The van der Waals surface area contributed by atoms with Gasteiger partial charge >= 0.3 is 12.1 Å². The number of carbonyl (C=O) groups is 4. The summed E-state index contributed by atoms with van der Waals surface area (Å²) >= 11 is 0. The Balaban J connectivity index is 0.00000433. The van der Waals surface area contributed by atoms with Crippen LogP contribution in [-0.2, 0) is 22.4 Å². The van der Waals surface area contributed by atoms with Crippen molar-refractivity contribution in [2.45, 2.75) is 31.3 Å². The summed E-state index contributed by atoms with van der Waals surface area (Å²) in [5, 5.41) is 7.57. The maximum atomic E-state index is 13.7. The lowest BCUT2D eigenvalue weighted by Crippen LogP contribution is -2.56. The highest BCUT2D eigenvalue weighted by Gasteiger charge is 2.28. The van der Waals surface area contributed by atoms with Crippen molar-refractivity contribution in [1.29, 1.82) is 0 Å². The molecular formula is C37H47N5O6. The average Bonchev–Trinajstić information content (AvgIpc) is 3.12. The molecule has 2 atom stereocenters. The number of urea groups is 2. The van der Waals surface area contributed by atoms with Crippen molar-refractivity contribution < 1.29 is 32.9 Å². The summed E-state index contributed by atoms with van der Waals surface area (Å²) in [5.74, 6) is 0.518. The fraction of sp³-hybridized carbons (Fsp3) is 0.243. The Morgan fingerprint density at radius 3 is 1.48 bits per heavy atom. The number of rotatable bonds is 13. The minimum absolute atomic E-state index is 0. The highest BCUT2D eigenvalue weighted by Crippen LogP contribution is 2.21. The highest BCUT2D eigenvalue weighted by atomic mass is 16.5. The van der Waals surface area contributed by atoms with Gasteiger partial charge in [-0.15, -0.1) is 0 Å². The highest BCUT2D eigenvalue weighted by molar-refractivity contribution is 6.03. The number of aryl methyl sites for hydroxylation is 1. The van der Waals surface area contributed by atoms with Crippen molar-refractivity contribution in [3.8, 4) is 11.5 Å². The molecule has 3 N–H and O–H groups in total. The molecular weight excluding hydrogens is 610 g/mol. The van der Waals surface area contributed by atoms with Gasteiger partial charge in [0, 0.05) is 36.2 Å². The van der Waals surface area contributed by atoms with Crippen LogP contribution in [0.15, 0.2) is 109 Å². The molecule has 0 aliphatic heterocycles. The van der Waals surface area contributed by atoms with E-state index >= 15 is 0 Å². The smallest absolute Gasteiger partial charge is 0.323 e. The number of imide groups is 1. The van der Waals surface area contributed by atoms with Gasteiger partial charge in [0.2, 0.25) is 11.8 Å². The monoisotopic (exact) mass is 657 g/mol. The molecule has 0 bridgehead atoms. The molecule has 0 heterocycles. The fourth-order valence-corrected chi connectivity index (χ4v) is 5.09. The predicted octanol–water partition coefficient (Wildman–Crippen LogP) is 5.69. The number of hydrogen-bond acceptors (Lipinski definition) is 6. The lowest BCUT2D eigenvalue weighted by atomic mass is 10.0. The van der Waals surface area contributed by atoms with E-state index in [0.29, 0.717) is 29.3 Å². The molecule has 0 aromatic heterocycles. The van der Waals surface area contributed by atoms with Crippen molar-refractivity contribution in [3.05, 3.63) is 120 Å². The van der Waals surface area contributed by atoms with Gasteiger partial charge in [-0.1, -0.05) is 60.7 Å². The molecule has 0 spiro atoms. The van der Waals surface area contributed by atoms with E-state index < -0.39 is 30.1 Å². The van der Waals surface area contributed by atoms with Gasteiger partial charge in [0.05, 0.1) is 14.2 Å². The molecule has 4 aromatic rings. The number of nitrogens with one attached hydrogen (secondary N) is 3. The van der Waals surface area contributed by atoms with Crippen LogP contribution < -0.4 is 35.2 Å². The summed E-state index contributed by atoms with van der Waals surface area (Å²) in [6.45, 7) is 0. The van der Waals surface area contributed by atoms with Gasteiger partial charge in [0.25, 0.3) is 0 Å². The normalized spacial score (nSPS) is 11.8. The number of nitrogens with zero attached hydrogens (tertiary/aromatic N) is 2. The third-order valence-electron chi connectivity index (χ3n) is 7.86. The predicted molar refractivity (Wildman–Crippen MR) is 192 cm³/mol. The van der Waals surface area contributed by atoms with Crippen LogP contribution in [-0.4, -0.2) is 64.3 Å². The summed E-state index contributed by atoms with van der Waals surface area (Å²) in [5.41, 5.74) is 3.01. The van der Waals surface area contributed by atoms with Crippen LogP contribution >= 0.6 is 0 Å². The van der Waals surface area contributed by atoms with Gasteiger partial charge in [-0.25, -0.2) is 9.59 Å². The number of likely N-dealkylation sites (N-methyl/N-ethyl adjacent to an activating group) is 2. The SMILES string of the molecule is COc1ccc(N(C)C(=O)[C@H](CCc2ccccc2)NC(=O)NC(=O)N[C@@H](Cc2ccccc2)C(=O)N(C)c2ccc(OC)cc2)cc1.[HH].[HH].[HH]. The molecule has 11 nitrogen and oxygen atoms in total. The summed E-state index contributed by atoms with van der Waals surface area (Å²) < 4.78 is 10.4. The molecule has 48 heavy (non-hydrogen) atoms. The van der Waals surface area contributed by atoms with Gasteiger partial charge in [0.1, 0.15) is 23.6 Å². The lowest BCUT2D eigenvalue weighted by Gasteiger charge is -2.26. The lowest BCUT2D eigenvalue weighted by molar-refractivity contribution is -0.120. The van der Waals surface area contributed by atoms with Crippen LogP contribution in [0.3, 0.4) is 0 Å². The fourth-order valence-electron chi connectivity index (χ4n) is 5.09. The maximum absolute atomic E-state index is 13.7. The molecule has 0 unspecified atom stereocenters. The van der Waals surface area contributed by atoms with Crippen molar-refractivity contribution in [3.63, 3.8) is 0 Å². The molecule has 256 valence electrons. The second-order valence-electron chi connectivity index (χ2n) is 11.1. The molecule has 0 saturated heterocycles. The van der Waals surface area contributed by atoms with E-state index in [4.69, 9.17) is 9.47 Å². The number of amides is 6. The zero-order valence-corrected chi connectivity index (χ0v) is 27.5. The van der Waals surface area contributed by atoms with E-state index in [0.717, 1.165) is 11.1 Å². The zero-order chi connectivity index (χ0) is 34.5. The number of benzene rings is 4. The zero-order valence-electron chi connectivity index (χ0n) is 27.5. The summed E-state index contributed by atoms with van der Waals surface area (Å²) in [6.07, 6.45) is 0.964. The summed E-state index contributed by atoms with van der Waals surface area (Å²) in [6, 6.07) is 29.0. The van der Waals surface area contributed by atoms with E-state index in [2.05, 4.69) is 16.0 Å². The van der Waals surface area contributed by atoms with Crippen molar-refractivity contribution >= 4 is 35.3 Å². The molecule has 0 fully saturated rings. The molecule has 0 aliphatic carbocycles. The Morgan fingerprint density at radius 2 is 1.02 bits per heavy atom. The van der Waals surface area contributed by atoms with Crippen LogP contribution in [0, 0.1) is 0 Å². The van der Waals surface area contributed by atoms with Gasteiger partial charge in [-0.3, -0.25) is 14.9 Å². The largest absolute Gasteiger partial charge is 0.497 e. The Hall–Kier alpha value is -5.84. The Bertz CT molecular complexity index is 1670. The Kier molecular flexibility index (Phi) is 12.5. The summed E-state index contributed by atoms with van der Waals surface area (Å²) in [7, 11) is 6.34. The van der Waals surface area contributed by atoms with Crippen molar-refractivity contribution in [2.75, 3.05) is 38.1 Å². The van der Waals surface area contributed by atoms with Gasteiger partial charge in [-0.2, -0.15) is 0 Å². The van der Waals surface area contributed by atoms with Gasteiger partial charge < -0.3 is 29.9 Å². The average molecular weight is 658 g/mol. The number of hydrogen-bond donors (Lipinski definition) is 3. The van der Waals surface area contributed by atoms with E-state index in [9.17, 15) is 19.2 Å². The van der Waals surface area contributed by atoms with E-state index in [1.165, 1.54) is 9.80 Å². The molecule has 4 rings (SSSR count). The number of methoxy groups -OCH3 is 2. The van der Waals surface area contributed by atoms with Crippen molar-refractivity contribution in [1.82, 2.24) is 16.0 Å². The van der Waals surface area contributed by atoms with Crippen LogP contribution in [0.2, 0.25) is 0 Å². The first-order valence-corrected chi connectivity index (χ1v) is 15.5. The van der Waals surface area contributed by atoms with Crippen molar-refractivity contribution in [2.24, 2.45) is 0 Å². The maximum Gasteiger partial charge on any atom is 0.323 e. The number of carbonyl (C=O) groups excluding carboxylic acids is 4. The first-order valence-electron chi connectivity index (χ1n) is 15.5. The minimum Gasteiger partial charge on any atom is -0.497 e. The summed E-state index contributed by atoms with van der Waals surface area (Å²) in [4.78, 5) is 56.5. The van der Waals surface area contributed by atoms with E-state index in [-0.39, 0.29) is 23.0 Å². The third-order valence-corrected chi connectivity index (χ3v) is 7.86. The molecule has 0 saturated carbocycles. The first kappa shape index (κ1) is 35.0. The minimum atomic E-state index is -1.01. The van der Waals surface area contributed by atoms with Crippen LogP contribution in [0.4, 0.5) is 21.0 Å². The Morgan fingerprint density at radius 1 is 0.604 bits per heavy atom. The molecule has 0 aliphatic rings. The topological polar surface area (TPSA) is 129 Å². The van der Waals surface area contributed by atoms with Gasteiger partial charge in [0.15, 0.2) is 0 Å². The Labute approximate surface area is 285 Å². The van der Waals surface area contributed by atoms with E-state index in [1.807, 2.05) is 60.7 Å². The number of ether oxygens (including phenoxy) is 2. The molecule has 6 amide bonds. The first-order chi connectivity index (χ1) is 23.2. The number of anilines is 2. The molecule has 0 radical (unpaired) electrons. The van der Waals surface area contributed by atoms with Crippen LogP contribution in [0.5, 0.6) is 11.5 Å². The molecule has 4 aromatic carbocycles. The van der Waals surface area contributed by atoms with Gasteiger partial charge in [-0.05, 0) is 72.5 Å². The third kappa shape index (κ3) is 9.83. The second-order valence-corrected chi connectivity index (χ2v) is 11.1. The molecule has 11 heteroatoms.